The highest BCUT2D eigenvalue weighted by Crippen LogP contribution is 2.33. The van der Waals surface area contributed by atoms with Crippen LogP contribution in [0.4, 0.5) is 25.2 Å². The van der Waals surface area contributed by atoms with Gasteiger partial charge in [0, 0.05) is 36.8 Å². The molecule has 1 aliphatic carbocycles. The lowest BCUT2D eigenvalue weighted by molar-refractivity contribution is -0.133. The number of hydrogen-bond acceptors (Lipinski definition) is 9. The molecule has 1 unspecified atom stereocenters. The molecule has 0 spiro atoms. The largest absolute Gasteiger partial charge is 0.446 e. The summed E-state index contributed by atoms with van der Waals surface area (Å²) in [6.07, 6.45) is 9.39. The molecule has 1 aromatic heterocycles. The van der Waals surface area contributed by atoms with Crippen molar-refractivity contribution in [1.82, 2.24) is 25.1 Å². The highest BCUT2D eigenvalue weighted by atomic mass is 19.1. The minimum Gasteiger partial charge on any atom is -0.446 e. The van der Waals surface area contributed by atoms with Crippen molar-refractivity contribution in [2.75, 3.05) is 43.4 Å². The monoisotopic (exact) mass is 805 g/mol. The van der Waals surface area contributed by atoms with Crippen molar-refractivity contribution < 1.29 is 27.9 Å². The molecule has 3 N–H and O–H groups in total. The van der Waals surface area contributed by atoms with Crippen LogP contribution in [0, 0.1) is 17.6 Å². The molecule has 3 aromatic carbocycles. The molecule has 4 heterocycles. The van der Waals surface area contributed by atoms with Gasteiger partial charge in [0.25, 0.3) is 0 Å². The number of ether oxygens (including phenoxy) is 1. The number of rotatable bonds is 11. The molecule has 3 aliphatic heterocycles. The minimum absolute atomic E-state index is 0.101. The molecule has 3 amide bonds. The van der Waals surface area contributed by atoms with Gasteiger partial charge in [-0.15, -0.1) is 0 Å². The summed E-state index contributed by atoms with van der Waals surface area (Å²) in [4.78, 5) is 49.8. The van der Waals surface area contributed by atoms with E-state index >= 15 is 4.39 Å². The van der Waals surface area contributed by atoms with Crippen molar-refractivity contribution in [3.05, 3.63) is 96.2 Å². The number of benzene rings is 3. The first-order chi connectivity index (χ1) is 28.7. The van der Waals surface area contributed by atoms with Gasteiger partial charge in [-0.2, -0.15) is 0 Å². The summed E-state index contributed by atoms with van der Waals surface area (Å²) in [6.45, 7) is 4.25. The van der Waals surface area contributed by atoms with E-state index in [2.05, 4.69) is 30.8 Å². The van der Waals surface area contributed by atoms with E-state index in [4.69, 9.17) is 4.74 Å². The van der Waals surface area contributed by atoms with Gasteiger partial charge >= 0.3 is 6.09 Å². The van der Waals surface area contributed by atoms with Crippen molar-refractivity contribution in [2.45, 2.75) is 94.7 Å². The van der Waals surface area contributed by atoms with Gasteiger partial charge in [0.15, 0.2) is 5.82 Å². The average molecular weight is 806 g/mol. The van der Waals surface area contributed by atoms with Crippen LogP contribution in [0.3, 0.4) is 0 Å². The third-order valence-electron chi connectivity index (χ3n) is 12.6. The lowest BCUT2D eigenvalue weighted by Gasteiger charge is -2.36. The fourth-order valence-corrected chi connectivity index (χ4v) is 9.06. The number of aromatic nitrogens is 2. The van der Waals surface area contributed by atoms with Gasteiger partial charge in [-0.05, 0) is 131 Å². The molecular weight excluding hydrogens is 753 g/mol. The molecule has 0 bridgehead atoms. The SMILES string of the molecule is O=C1CCC(Nc2ccc(C3CCN(CCC4CCN(C(=O)O[C@H]5CC[C@H](Nc6ncc(F)c(-c7cccc(-c8ccccc8)c7)n6)CC5)CC4)CC3)c(F)c2)C(=O)N1. The first kappa shape index (κ1) is 40.4. The highest BCUT2D eigenvalue weighted by Gasteiger charge is 2.31. The Labute approximate surface area is 344 Å². The topological polar surface area (TPSA) is 129 Å². The average Bonchev–Trinajstić information content (AvgIpc) is 3.26. The smallest absolute Gasteiger partial charge is 0.410 e. The predicted octanol–water partition coefficient (Wildman–Crippen LogP) is 8.15. The summed E-state index contributed by atoms with van der Waals surface area (Å²) < 4.78 is 36.1. The van der Waals surface area contributed by atoms with Gasteiger partial charge in [0.2, 0.25) is 17.8 Å². The lowest BCUT2D eigenvalue weighted by Crippen LogP contribution is -2.47. The second-order valence-corrected chi connectivity index (χ2v) is 16.6. The van der Waals surface area contributed by atoms with Gasteiger partial charge in [-0.25, -0.2) is 23.5 Å². The van der Waals surface area contributed by atoms with Crippen LogP contribution in [0.25, 0.3) is 22.4 Å². The Morgan fingerprint density at radius 2 is 1.53 bits per heavy atom. The maximum absolute atomic E-state index is 15.2. The molecule has 4 fully saturated rings. The summed E-state index contributed by atoms with van der Waals surface area (Å²) in [5, 5.41) is 8.79. The summed E-state index contributed by atoms with van der Waals surface area (Å²) in [5.74, 6) is -0.278. The Hall–Kier alpha value is -5.43. The maximum atomic E-state index is 15.2. The molecule has 3 saturated heterocycles. The number of likely N-dealkylation sites (tertiary alicyclic amines) is 2. The fraction of sp³-hybridized carbons (Fsp3) is 0.457. The van der Waals surface area contributed by atoms with Gasteiger partial charge in [0.1, 0.15) is 23.7 Å². The summed E-state index contributed by atoms with van der Waals surface area (Å²) in [7, 11) is 0. The molecule has 59 heavy (non-hydrogen) atoms. The molecule has 1 saturated carbocycles. The number of halogens is 2. The van der Waals surface area contributed by atoms with Crippen LogP contribution in [0.15, 0.2) is 79.0 Å². The minimum atomic E-state index is -0.541. The third-order valence-corrected chi connectivity index (χ3v) is 12.6. The molecule has 1 atom stereocenters. The number of nitrogens with zero attached hydrogens (tertiary/aromatic N) is 4. The quantitative estimate of drug-likeness (QED) is 0.129. The van der Waals surface area contributed by atoms with Crippen LogP contribution >= 0.6 is 0 Å². The molecule has 310 valence electrons. The Morgan fingerprint density at radius 1 is 0.780 bits per heavy atom. The predicted molar refractivity (Wildman–Crippen MR) is 223 cm³/mol. The van der Waals surface area contributed by atoms with Crippen LogP contribution in [0.1, 0.15) is 82.1 Å². The molecular formula is C46H53F2N7O4. The van der Waals surface area contributed by atoms with E-state index in [1.54, 1.807) is 0 Å². The van der Waals surface area contributed by atoms with Crippen molar-refractivity contribution in [2.24, 2.45) is 5.92 Å². The number of nitrogens with one attached hydrogen (secondary N) is 3. The Bertz CT molecular complexity index is 2100. The van der Waals surface area contributed by atoms with E-state index < -0.39 is 11.9 Å². The lowest BCUT2D eigenvalue weighted by atomic mass is 9.88. The zero-order valence-electron chi connectivity index (χ0n) is 33.4. The number of hydrogen-bond donors (Lipinski definition) is 3. The van der Waals surface area contributed by atoms with E-state index in [1.807, 2.05) is 71.6 Å². The van der Waals surface area contributed by atoms with E-state index in [1.165, 1.54) is 12.3 Å². The van der Waals surface area contributed by atoms with Gasteiger partial charge in [-0.3, -0.25) is 14.9 Å². The van der Waals surface area contributed by atoms with E-state index in [0.29, 0.717) is 42.6 Å². The van der Waals surface area contributed by atoms with Gasteiger partial charge in [0.05, 0.1) is 6.20 Å². The zero-order valence-corrected chi connectivity index (χ0v) is 33.4. The van der Waals surface area contributed by atoms with Crippen LogP contribution in [-0.2, 0) is 14.3 Å². The fourth-order valence-electron chi connectivity index (χ4n) is 9.06. The number of anilines is 2. The summed E-state index contributed by atoms with van der Waals surface area (Å²) >= 11 is 0. The van der Waals surface area contributed by atoms with E-state index in [0.717, 1.165) is 94.1 Å². The second-order valence-electron chi connectivity index (χ2n) is 16.6. The van der Waals surface area contributed by atoms with Crippen LogP contribution in [-0.4, -0.2) is 88.6 Å². The van der Waals surface area contributed by atoms with Crippen molar-refractivity contribution in [1.29, 1.82) is 0 Å². The Kier molecular flexibility index (Phi) is 12.8. The molecule has 11 nitrogen and oxygen atoms in total. The molecule has 0 radical (unpaired) electrons. The number of carbonyl (C=O) groups excluding carboxylic acids is 3. The standard InChI is InChI=1S/C46H53F2N7O4/c47-39-28-36(50-41-15-16-42(56)52-44(41)57)11-14-38(39)32-20-23-54(24-21-32)22-17-30-18-25-55(26-19-30)46(58)59-37-12-9-35(10-13-37)51-45-49-29-40(48)43(53-45)34-8-4-7-33(27-34)31-5-2-1-3-6-31/h1-8,11,14,27-30,32,35,37,41,50H,9-10,12-13,15-26H2,(H,49,51,53)(H,52,56,57)/t35-,37-,41?. The van der Waals surface area contributed by atoms with E-state index in [-0.39, 0.29) is 53.9 Å². The van der Waals surface area contributed by atoms with Crippen LogP contribution in [0.2, 0.25) is 0 Å². The van der Waals surface area contributed by atoms with Crippen LogP contribution in [0.5, 0.6) is 0 Å². The molecule has 4 aliphatic rings. The number of piperidine rings is 3. The molecule has 13 heteroatoms. The zero-order chi connectivity index (χ0) is 40.7. The Morgan fingerprint density at radius 3 is 2.27 bits per heavy atom. The Balaban J connectivity index is 0.722. The van der Waals surface area contributed by atoms with Crippen molar-refractivity contribution in [3.8, 4) is 22.4 Å². The number of amides is 3. The van der Waals surface area contributed by atoms with Crippen molar-refractivity contribution >= 4 is 29.5 Å². The third kappa shape index (κ3) is 10.2. The normalized spacial score (nSPS) is 22.1. The first-order valence-corrected chi connectivity index (χ1v) is 21.3. The summed E-state index contributed by atoms with van der Waals surface area (Å²) in [5.41, 5.74) is 4.25. The molecule has 4 aromatic rings. The van der Waals surface area contributed by atoms with Crippen LogP contribution < -0.4 is 16.0 Å². The highest BCUT2D eigenvalue weighted by molar-refractivity contribution is 6.01. The van der Waals surface area contributed by atoms with E-state index in [9.17, 15) is 18.8 Å². The van der Waals surface area contributed by atoms with Crippen molar-refractivity contribution in [3.63, 3.8) is 0 Å². The number of carbonyl (C=O) groups is 3. The van der Waals surface area contributed by atoms with Gasteiger partial charge in [-0.1, -0.05) is 54.6 Å². The second kappa shape index (κ2) is 18.7. The maximum Gasteiger partial charge on any atom is 0.410 e. The first-order valence-electron chi connectivity index (χ1n) is 21.3. The van der Waals surface area contributed by atoms with Gasteiger partial charge < -0.3 is 25.2 Å². The summed E-state index contributed by atoms with van der Waals surface area (Å²) in [6, 6.07) is 22.4. The number of imide groups is 1. The molecule has 8 rings (SSSR count).